The lowest BCUT2D eigenvalue weighted by atomic mass is 9.53. The van der Waals surface area contributed by atoms with Crippen LogP contribution >= 0.6 is 0 Å². The Hall–Kier alpha value is -1.35. The van der Waals surface area contributed by atoms with Gasteiger partial charge in [0.15, 0.2) is 0 Å². The lowest BCUT2D eigenvalue weighted by molar-refractivity contribution is -0.139. The van der Waals surface area contributed by atoms with Gasteiger partial charge >= 0.3 is 5.97 Å². The van der Waals surface area contributed by atoms with Crippen LogP contribution in [0.2, 0.25) is 0 Å². The molecule has 1 N–H and O–H groups in total. The van der Waals surface area contributed by atoms with Gasteiger partial charge in [0.05, 0.1) is 12.0 Å². The molecule has 0 saturated heterocycles. The summed E-state index contributed by atoms with van der Waals surface area (Å²) in [6, 6.07) is 6.41. The van der Waals surface area contributed by atoms with Crippen molar-refractivity contribution in [1.29, 1.82) is 0 Å². The topological polar surface area (TPSA) is 46.5 Å². The second kappa shape index (κ2) is 8.65. The second-order valence-electron chi connectivity index (χ2n) is 10.7. The normalized spacial score (nSPS) is 34.9. The molecule has 0 unspecified atom stereocenters. The molecular weight excluding hydrogens is 372 g/mol. The Balaban J connectivity index is 1.54. The van der Waals surface area contributed by atoms with Crippen LogP contribution in [0.15, 0.2) is 18.2 Å². The molecule has 3 aliphatic carbocycles. The molecule has 0 aromatic heterocycles. The van der Waals surface area contributed by atoms with Crippen molar-refractivity contribution in [2.75, 3.05) is 0 Å². The molecule has 4 rings (SSSR count). The summed E-state index contributed by atoms with van der Waals surface area (Å²) in [5, 5.41) is 10.6. The van der Waals surface area contributed by atoms with Gasteiger partial charge in [-0.05, 0) is 97.3 Å². The van der Waals surface area contributed by atoms with Crippen molar-refractivity contribution in [2.24, 2.45) is 29.1 Å². The Morgan fingerprint density at radius 1 is 1.20 bits per heavy atom. The van der Waals surface area contributed by atoms with Crippen LogP contribution in [0, 0.1) is 29.1 Å². The van der Waals surface area contributed by atoms with E-state index < -0.39 is 0 Å². The molecule has 0 heterocycles. The standard InChI is InChI=1S/C27H40O3/c1-5-7-18(8-6-2)26(29)30-20-9-10-21-19(16-20)15-17(3)25-22(21)13-14-27(4)23(25)11-12-24(27)28/h9-10,16-18,22-25,28H,5-8,11-15H2,1-4H3/t17-,22-,23+,24+,25-,27+/m1/s1. The zero-order chi connectivity index (χ0) is 21.5. The summed E-state index contributed by atoms with van der Waals surface area (Å²) in [4.78, 5) is 12.7. The quantitative estimate of drug-likeness (QED) is 0.442. The van der Waals surface area contributed by atoms with E-state index in [0.29, 0.717) is 23.7 Å². The minimum absolute atomic E-state index is 0.0177. The summed E-state index contributed by atoms with van der Waals surface area (Å²) in [6.45, 7) is 8.99. The largest absolute Gasteiger partial charge is 0.426 e. The number of benzene rings is 1. The van der Waals surface area contributed by atoms with E-state index in [1.165, 1.54) is 24.0 Å². The molecule has 0 bridgehead atoms. The molecule has 0 radical (unpaired) electrons. The van der Waals surface area contributed by atoms with Crippen LogP contribution in [0.5, 0.6) is 5.75 Å². The SMILES string of the molecule is CCCC(CCC)C(=O)Oc1ccc2c(c1)C[C@@H](C)[C@@H]1[C@@H]2CC[C@]2(C)[C@@H](O)CC[C@@H]12. The predicted molar refractivity (Wildman–Crippen MR) is 121 cm³/mol. The summed E-state index contributed by atoms with van der Waals surface area (Å²) >= 11 is 0. The molecule has 3 aliphatic rings. The van der Waals surface area contributed by atoms with Gasteiger partial charge in [-0.2, -0.15) is 0 Å². The highest BCUT2D eigenvalue weighted by atomic mass is 16.5. The van der Waals surface area contributed by atoms with E-state index in [1.807, 2.05) is 6.07 Å². The molecule has 1 aromatic carbocycles. The number of aliphatic hydroxyl groups excluding tert-OH is 1. The maximum atomic E-state index is 12.7. The fourth-order valence-electron chi connectivity index (χ4n) is 7.27. The van der Waals surface area contributed by atoms with Gasteiger partial charge in [-0.25, -0.2) is 0 Å². The van der Waals surface area contributed by atoms with E-state index >= 15 is 0 Å². The van der Waals surface area contributed by atoms with Gasteiger partial charge in [-0.1, -0.05) is 46.6 Å². The first-order valence-corrected chi connectivity index (χ1v) is 12.4. The molecule has 6 atom stereocenters. The average molecular weight is 413 g/mol. The third-order valence-corrected chi connectivity index (χ3v) is 8.82. The van der Waals surface area contributed by atoms with Crippen molar-refractivity contribution in [3.63, 3.8) is 0 Å². The smallest absolute Gasteiger partial charge is 0.314 e. The van der Waals surface area contributed by atoms with Crippen molar-refractivity contribution in [3.8, 4) is 5.75 Å². The maximum Gasteiger partial charge on any atom is 0.314 e. The van der Waals surface area contributed by atoms with Gasteiger partial charge in [0.2, 0.25) is 0 Å². The molecule has 0 spiro atoms. The number of ether oxygens (including phenoxy) is 1. The number of esters is 1. The molecule has 30 heavy (non-hydrogen) atoms. The van der Waals surface area contributed by atoms with Crippen LogP contribution in [-0.2, 0) is 11.2 Å². The summed E-state index contributed by atoms with van der Waals surface area (Å²) in [6.07, 6.45) is 9.20. The fourth-order valence-corrected chi connectivity index (χ4v) is 7.27. The molecule has 166 valence electrons. The molecule has 3 nitrogen and oxygen atoms in total. The molecule has 0 amide bonds. The van der Waals surface area contributed by atoms with E-state index in [4.69, 9.17) is 4.74 Å². The number of rotatable bonds is 6. The van der Waals surface area contributed by atoms with E-state index in [1.54, 1.807) is 0 Å². The molecule has 0 aliphatic heterocycles. The highest BCUT2D eigenvalue weighted by Gasteiger charge is 2.55. The van der Waals surface area contributed by atoms with Gasteiger partial charge in [0, 0.05) is 0 Å². The van der Waals surface area contributed by atoms with E-state index in [-0.39, 0.29) is 23.4 Å². The van der Waals surface area contributed by atoms with Gasteiger partial charge in [-0.15, -0.1) is 0 Å². The number of hydrogen-bond acceptors (Lipinski definition) is 3. The number of carbonyl (C=O) groups excluding carboxylic acids is 1. The fraction of sp³-hybridized carbons (Fsp3) is 0.741. The molecule has 2 fully saturated rings. The van der Waals surface area contributed by atoms with Crippen molar-refractivity contribution in [3.05, 3.63) is 29.3 Å². The van der Waals surface area contributed by atoms with E-state index in [2.05, 4.69) is 39.8 Å². The lowest BCUT2D eigenvalue weighted by Gasteiger charge is -2.52. The first-order chi connectivity index (χ1) is 14.4. The number of fused-ring (bicyclic) bond motifs is 5. The number of hydrogen-bond donors (Lipinski definition) is 1. The Kier molecular flexibility index (Phi) is 6.30. The van der Waals surface area contributed by atoms with Crippen LogP contribution in [-0.4, -0.2) is 17.2 Å². The third kappa shape index (κ3) is 3.72. The molecule has 3 heteroatoms. The average Bonchev–Trinajstić information content (AvgIpc) is 3.02. The lowest BCUT2D eigenvalue weighted by Crippen LogP contribution is -2.46. The molecule has 1 aromatic rings. The summed E-state index contributed by atoms with van der Waals surface area (Å²) in [5.41, 5.74) is 2.95. The Labute approximate surface area is 182 Å². The second-order valence-corrected chi connectivity index (χ2v) is 10.7. The van der Waals surface area contributed by atoms with Gasteiger partial charge in [0.1, 0.15) is 5.75 Å². The van der Waals surface area contributed by atoms with Crippen LogP contribution in [0.3, 0.4) is 0 Å². The molecule has 2 saturated carbocycles. The first kappa shape index (κ1) is 21.9. The summed E-state index contributed by atoms with van der Waals surface area (Å²) < 4.78 is 5.85. The highest BCUT2D eigenvalue weighted by Crippen LogP contribution is 2.62. The monoisotopic (exact) mass is 412 g/mol. The van der Waals surface area contributed by atoms with Crippen LogP contribution < -0.4 is 4.74 Å². The van der Waals surface area contributed by atoms with E-state index in [0.717, 1.165) is 50.7 Å². The van der Waals surface area contributed by atoms with Gasteiger partial charge in [-0.3, -0.25) is 4.79 Å². The number of aliphatic hydroxyl groups is 1. The minimum Gasteiger partial charge on any atom is -0.426 e. The highest BCUT2D eigenvalue weighted by molar-refractivity contribution is 5.75. The first-order valence-electron chi connectivity index (χ1n) is 12.4. The Morgan fingerprint density at radius 2 is 1.93 bits per heavy atom. The maximum absolute atomic E-state index is 12.7. The third-order valence-electron chi connectivity index (χ3n) is 8.82. The summed E-state index contributed by atoms with van der Waals surface area (Å²) in [7, 11) is 0. The summed E-state index contributed by atoms with van der Waals surface area (Å²) in [5.74, 6) is 3.17. The zero-order valence-electron chi connectivity index (χ0n) is 19.3. The van der Waals surface area contributed by atoms with Gasteiger partial charge in [0.25, 0.3) is 0 Å². The van der Waals surface area contributed by atoms with E-state index in [9.17, 15) is 9.90 Å². The zero-order valence-corrected chi connectivity index (χ0v) is 19.3. The minimum atomic E-state index is -0.127. The number of carbonyl (C=O) groups is 1. The predicted octanol–water partition coefficient (Wildman–Crippen LogP) is 6.27. The van der Waals surface area contributed by atoms with Crippen molar-refractivity contribution < 1.29 is 14.6 Å². The van der Waals surface area contributed by atoms with Crippen molar-refractivity contribution in [2.45, 2.75) is 97.5 Å². The van der Waals surface area contributed by atoms with Crippen LogP contribution in [0.1, 0.15) is 96.1 Å². The Bertz CT molecular complexity index is 765. The van der Waals surface area contributed by atoms with Crippen molar-refractivity contribution in [1.82, 2.24) is 0 Å². The molecular formula is C27H40O3. The van der Waals surface area contributed by atoms with Crippen molar-refractivity contribution >= 4 is 5.97 Å². The van der Waals surface area contributed by atoms with Gasteiger partial charge < -0.3 is 9.84 Å². The Morgan fingerprint density at radius 3 is 2.63 bits per heavy atom. The van der Waals surface area contributed by atoms with Crippen LogP contribution in [0.25, 0.3) is 0 Å². The van der Waals surface area contributed by atoms with Crippen LogP contribution in [0.4, 0.5) is 0 Å².